The van der Waals surface area contributed by atoms with Crippen LogP contribution in [-0.2, 0) is 16.1 Å². The van der Waals surface area contributed by atoms with Crippen molar-refractivity contribution in [2.75, 3.05) is 26.3 Å². The van der Waals surface area contributed by atoms with Gasteiger partial charge in [-0.05, 0) is 28.8 Å². The van der Waals surface area contributed by atoms with Gasteiger partial charge in [-0.1, -0.05) is 43.2 Å². The standard InChI is InChI=1S/C19H26N6O2/c26-17(20-16-8-4-5-9-16)14-25-19(21-22-23-25)18(15-6-2-1-3-7-15)24-10-12-27-13-11-24/h1-3,6-7,16,18H,4-5,8-14H2,(H,20,26). The Morgan fingerprint density at radius 3 is 2.67 bits per heavy atom. The van der Waals surface area contributed by atoms with Crippen LogP contribution in [0.15, 0.2) is 30.3 Å². The molecule has 27 heavy (non-hydrogen) atoms. The molecule has 2 aromatic rings. The lowest BCUT2D eigenvalue weighted by Gasteiger charge is -2.33. The van der Waals surface area contributed by atoms with Crippen molar-refractivity contribution >= 4 is 5.91 Å². The average Bonchev–Trinajstić information content (AvgIpc) is 3.36. The number of nitrogens with one attached hydrogen (secondary N) is 1. The summed E-state index contributed by atoms with van der Waals surface area (Å²) in [6.07, 6.45) is 4.51. The fourth-order valence-electron chi connectivity index (χ4n) is 3.99. The van der Waals surface area contributed by atoms with Gasteiger partial charge in [-0.3, -0.25) is 9.69 Å². The smallest absolute Gasteiger partial charge is 0.242 e. The van der Waals surface area contributed by atoms with Gasteiger partial charge in [-0.15, -0.1) is 5.10 Å². The fourth-order valence-corrected chi connectivity index (χ4v) is 3.99. The van der Waals surface area contributed by atoms with Crippen molar-refractivity contribution in [2.24, 2.45) is 0 Å². The van der Waals surface area contributed by atoms with E-state index in [2.05, 4.69) is 37.9 Å². The van der Waals surface area contributed by atoms with E-state index in [1.54, 1.807) is 4.68 Å². The first-order valence-electron chi connectivity index (χ1n) is 9.73. The molecule has 1 saturated heterocycles. The van der Waals surface area contributed by atoms with E-state index in [0.717, 1.165) is 31.5 Å². The van der Waals surface area contributed by atoms with E-state index in [1.165, 1.54) is 12.8 Å². The van der Waals surface area contributed by atoms with Gasteiger partial charge < -0.3 is 10.1 Å². The number of hydrogen-bond acceptors (Lipinski definition) is 6. The van der Waals surface area contributed by atoms with Crippen molar-refractivity contribution in [3.63, 3.8) is 0 Å². The molecule has 1 aromatic heterocycles. The first kappa shape index (κ1) is 18.1. The molecule has 2 aliphatic rings. The predicted molar refractivity (Wildman–Crippen MR) is 98.9 cm³/mol. The zero-order chi connectivity index (χ0) is 18.5. The van der Waals surface area contributed by atoms with Gasteiger partial charge >= 0.3 is 0 Å². The fraction of sp³-hybridized carbons (Fsp3) is 0.579. The number of ether oxygens (including phenoxy) is 1. The normalized spacial score (nSPS) is 19.9. The number of hydrogen-bond donors (Lipinski definition) is 1. The van der Waals surface area contributed by atoms with Crippen LogP contribution in [0.1, 0.15) is 43.1 Å². The molecular formula is C19H26N6O2. The molecule has 1 saturated carbocycles. The highest BCUT2D eigenvalue weighted by Crippen LogP contribution is 2.27. The minimum absolute atomic E-state index is 0.0239. The van der Waals surface area contributed by atoms with Gasteiger partial charge in [0.2, 0.25) is 5.91 Å². The van der Waals surface area contributed by atoms with Gasteiger partial charge in [0.25, 0.3) is 0 Å². The molecule has 2 heterocycles. The molecule has 144 valence electrons. The molecule has 1 aromatic carbocycles. The van der Waals surface area contributed by atoms with E-state index in [0.29, 0.717) is 25.1 Å². The molecule has 1 atom stereocenters. The van der Waals surface area contributed by atoms with Crippen LogP contribution in [0, 0.1) is 0 Å². The van der Waals surface area contributed by atoms with Crippen LogP contribution in [0.4, 0.5) is 0 Å². The SMILES string of the molecule is O=C(Cn1nnnc1C(c1ccccc1)N1CCOCC1)NC1CCCC1. The predicted octanol–water partition coefficient (Wildman–Crippen LogP) is 1.15. The molecule has 0 bridgehead atoms. The number of carbonyl (C=O) groups is 1. The lowest BCUT2D eigenvalue weighted by Crippen LogP contribution is -2.41. The van der Waals surface area contributed by atoms with Crippen LogP contribution >= 0.6 is 0 Å². The summed E-state index contributed by atoms with van der Waals surface area (Å²) in [6.45, 7) is 3.13. The number of carbonyl (C=O) groups excluding carboxylic acids is 1. The van der Waals surface area contributed by atoms with Crippen LogP contribution in [0.3, 0.4) is 0 Å². The molecule has 8 heteroatoms. The summed E-state index contributed by atoms with van der Waals surface area (Å²) in [5.74, 6) is 0.675. The number of amides is 1. The molecule has 0 spiro atoms. The molecule has 1 amide bonds. The van der Waals surface area contributed by atoms with Gasteiger partial charge in [0.15, 0.2) is 5.82 Å². The number of benzene rings is 1. The Kier molecular flexibility index (Phi) is 5.74. The average molecular weight is 370 g/mol. The zero-order valence-electron chi connectivity index (χ0n) is 15.5. The second-order valence-corrected chi connectivity index (χ2v) is 7.21. The Morgan fingerprint density at radius 2 is 1.93 bits per heavy atom. The minimum atomic E-state index is -0.0932. The lowest BCUT2D eigenvalue weighted by molar-refractivity contribution is -0.122. The topological polar surface area (TPSA) is 85.2 Å². The van der Waals surface area contributed by atoms with Crippen molar-refractivity contribution in [1.82, 2.24) is 30.4 Å². The van der Waals surface area contributed by atoms with Gasteiger partial charge in [0, 0.05) is 19.1 Å². The van der Waals surface area contributed by atoms with E-state index in [-0.39, 0.29) is 18.5 Å². The first-order chi connectivity index (χ1) is 13.3. The van der Waals surface area contributed by atoms with E-state index in [1.807, 2.05) is 18.2 Å². The summed E-state index contributed by atoms with van der Waals surface area (Å²) in [7, 11) is 0. The van der Waals surface area contributed by atoms with Crippen LogP contribution in [0.25, 0.3) is 0 Å². The number of aromatic nitrogens is 4. The molecule has 8 nitrogen and oxygen atoms in total. The minimum Gasteiger partial charge on any atom is -0.379 e. The second-order valence-electron chi connectivity index (χ2n) is 7.21. The molecular weight excluding hydrogens is 344 g/mol. The molecule has 1 unspecified atom stereocenters. The van der Waals surface area contributed by atoms with Crippen molar-refractivity contribution in [2.45, 2.75) is 44.3 Å². The van der Waals surface area contributed by atoms with Gasteiger partial charge in [0.05, 0.1) is 19.3 Å². The molecule has 1 N–H and O–H groups in total. The monoisotopic (exact) mass is 370 g/mol. The van der Waals surface area contributed by atoms with Gasteiger partial charge in [-0.2, -0.15) is 0 Å². The second kappa shape index (κ2) is 8.58. The maximum absolute atomic E-state index is 12.5. The Balaban J connectivity index is 1.55. The lowest BCUT2D eigenvalue weighted by atomic mass is 10.0. The quantitative estimate of drug-likeness (QED) is 0.821. The van der Waals surface area contributed by atoms with Crippen molar-refractivity contribution < 1.29 is 9.53 Å². The van der Waals surface area contributed by atoms with Crippen LogP contribution in [0.2, 0.25) is 0 Å². The maximum atomic E-state index is 12.5. The molecule has 1 aliphatic carbocycles. The zero-order valence-corrected chi connectivity index (χ0v) is 15.5. The van der Waals surface area contributed by atoms with E-state index in [4.69, 9.17) is 4.74 Å². The van der Waals surface area contributed by atoms with Crippen LogP contribution < -0.4 is 5.32 Å². The van der Waals surface area contributed by atoms with Crippen molar-refractivity contribution in [1.29, 1.82) is 0 Å². The van der Waals surface area contributed by atoms with Crippen molar-refractivity contribution in [3.05, 3.63) is 41.7 Å². The molecule has 1 aliphatic heterocycles. The Morgan fingerprint density at radius 1 is 1.19 bits per heavy atom. The third kappa shape index (κ3) is 4.33. The number of nitrogens with zero attached hydrogens (tertiary/aromatic N) is 5. The highest BCUT2D eigenvalue weighted by atomic mass is 16.5. The summed E-state index contributed by atoms with van der Waals surface area (Å²) in [6, 6.07) is 10.4. The van der Waals surface area contributed by atoms with E-state index >= 15 is 0 Å². The number of rotatable bonds is 6. The Hall–Kier alpha value is -2.32. The molecule has 4 rings (SSSR count). The van der Waals surface area contributed by atoms with E-state index < -0.39 is 0 Å². The van der Waals surface area contributed by atoms with Crippen molar-refractivity contribution in [3.8, 4) is 0 Å². The Bertz CT molecular complexity index is 738. The van der Waals surface area contributed by atoms with E-state index in [9.17, 15) is 4.79 Å². The summed E-state index contributed by atoms with van der Waals surface area (Å²) >= 11 is 0. The Labute approximate surface area is 158 Å². The van der Waals surface area contributed by atoms with Gasteiger partial charge in [-0.25, -0.2) is 4.68 Å². The summed E-state index contributed by atoms with van der Waals surface area (Å²) in [5.41, 5.74) is 1.12. The summed E-state index contributed by atoms with van der Waals surface area (Å²) in [4.78, 5) is 14.8. The highest BCUT2D eigenvalue weighted by Gasteiger charge is 2.29. The maximum Gasteiger partial charge on any atom is 0.242 e. The number of tetrazole rings is 1. The largest absolute Gasteiger partial charge is 0.379 e. The first-order valence-corrected chi connectivity index (χ1v) is 9.73. The van der Waals surface area contributed by atoms with Crippen LogP contribution in [-0.4, -0.2) is 63.4 Å². The molecule has 2 fully saturated rings. The van der Waals surface area contributed by atoms with Gasteiger partial charge in [0.1, 0.15) is 6.54 Å². The molecule has 0 radical (unpaired) electrons. The third-order valence-corrected chi connectivity index (χ3v) is 5.34. The van der Waals surface area contributed by atoms with Crippen LogP contribution in [0.5, 0.6) is 0 Å². The highest BCUT2D eigenvalue weighted by molar-refractivity contribution is 5.76. The summed E-state index contributed by atoms with van der Waals surface area (Å²) < 4.78 is 7.14. The summed E-state index contributed by atoms with van der Waals surface area (Å²) in [5, 5.41) is 15.4. The number of morpholine rings is 1. The third-order valence-electron chi connectivity index (χ3n) is 5.34.